The lowest BCUT2D eigenvalue weighted by atomic mass is 10.1. The van der Waals surface area contributed by atoms with Gasteiger partial charge in [-0.3, -0.25) is 4.79 Å². The van der Waals surface area contributed by atoms with E-state index in [9.17, 15) is 9.59 Å². The highest BCUT2D eigenvalue weighted by Gasteiger charge is 2.24. The zero-order valence-electron chi connectivity index (χ0n) is 15.8. The molecule has 0 aromatic carbocycles. The fourth-order valence-corrected chi connectivity index (χ4v) is 4.26. The highest BCUT2D eigenvalue weighted by molar-refractivity contribution is 8.00. The Morgan fingerprint density at radius 3 is 2.42 bits per heavy atom. The van der Waals surface area contributed by atoms with E-state index in [4.69, 9.17) is 4.74 Å². The summed E-state index contributed by atoms with van der Waals surface area (Å²) in [7, 11) is 0. The maximum atomic E-state index is 12.6. The number of thiophene rings is 1. The van der Waals surface area contributed by atoms with Gasteiger partial charge in [0.1, 0.15) is 5.00 Å². The Bertz CT molecular complexity index is 813. The summed E-state index contributed by atoms with van der Waals surface area (Å²) >= 11 is 2.67. The molecule has 0 aliphatic carbocycles. The van der Waals surface area contributed by atoms with E-state index in [-0.39, 0.29) is 12.5 Å². The van der Waals surface area contributed by atoms with Gasteiger partial charge in [0.05, 0.1) is 17.4 Å². The molecular weight excluding hydrogens is 370 g/mol. The predicted octanol–water partition coefficient (Wildman–Crippen LogP) is 4.07. The molecule has 1 N–H and O–H groups in total. The molecule has 26 heavy (non-hydrogen) atoms. The second-order valence-electron chi connectivity index (χ2n) is 5.89. The van der Waals surface area contributed by atoms with Gasteiger partial charge < -0.3 is 10.1 Å². The molecule has 0 fully saturated rings. The van der Waals surface area contributed by atoms with E-state index in [1.54, 1.807) is 13.8 Å². The molecular formula is C18H23N3O3S2. The number of ether oxygens (including phenoxy) is 1. The topological polar surface area (TPSA) is 81.2 Å². The molecule has 0 spiro atoms. The average Bonchev–Trinajstić information content (AvgIpc) is 2.80. The van der Waals surface area contributed by atoms with Crippen LogP contribution in [0.5, 0.6) is 0 Å². The van der Waals surface area contributed by atoms with Crippen molar-refractivity contribution in [1.29, 1.82) is 0 Å². The summed E-state index contributed by atoms with van der Waals surface area (Å²) in [6, 6.07) is 1.89. The minimum atomic E-state index is -0.414. The van der Waals surface area contributed by atoms with Gasteiger partial charge in [-0.15, -0.1) is 11.3 Å². The van der Waals surface area contributed by atoms with Gasteiger partial charge in [-0.05, 0) is 53.2 Å². The Morgan fingerprint density at radius 1 is 1.23 bits per heavy atom. The van der Waals surface area contributed by atoms with Gasteiger partial charge in [0.15, 0.2) is 5.16 Å². The number of aromatic nitrogens is 2. The first-order valence-electron chi connectivity index (χ1n) is 8.29. The number of anilines is 1. The minimum Gasteiger partial charge on any atom is -0.462 e. The van der Waals surface area contributed by atoms with Crippen LogP contribution >= 0.6 is 23.1 Å². The van der Waals surface area contributed by atoms with Gasteiger partial charge in [-0.2, -0.15) is 0 Å². The number of nitrogens with one attached hydrogen (secondary N) is 1. The number of hydrogen-bond donors (Lipinski definition) is 1. The van der Waals surface area contributed by atoms with Gasteiger partial charge >= 0.3 is 5.97 Å². The van der Waals surface area contributed by atoms with Crippen molar-refractivity contribution in [2.24, 2.45) is 0 Å². The lowest BCUT2D eigenvalue weighted by Crippen LogP contribution is -2.23. The van der Waals surface area contributed by atoms with Crippen LogP contribution in [0.4, 0.5) is 5.00 Å². The van der Waals surface area contributed by atoms with Crippen molar-refractivity contribution in [3.63, 3.8) is 0 Å². The Hall–Kier alpha value is -1.93. The monoisotopic (exact) mass is 393 g/mol. The normalized spacial score (nSPS) is 11.9. The summed E-state index contributed by atoms with van der Waals surface area (Å²) in [4.78, 5) is 34.5. The summed E-state index contributed by atoms with van der Waals surface area (Å²) in [6.45, 7) is 11.4. The van der Waals surface area contributed by atoms with Crippen LogP contribution < -0.4 is 5.32 Å². The number of amides is 1. The molecule has 2 heterocycles. The summed E-state index contributed by atoms with van der Waals surface area (Å²) in [5, 5.41) is 3.54. The van der Waals surface area contributed by atoms with Crippen LogP contribution in [0.25, 0.3) is 0 Å². The largest absolute Gasteiger partial charge is 0.462 e. The van der Waals surface area contributed by atoms with Gasteiger partial charge in [0.2, 0.25) is 5.91 Å². The van der Waals surface area contributed by atoms with Gasteiger partial charge in [0.25, 0.3) is 0 Å². The average molecular weight is 394 g/mol. The van der Waals surface area contributed by atoms with Gasteiger partial charge in [-0.1, -0.05) is 11.8 Å². The molecule has 0 saturated carbocycles. The van der Waals surface area contributed by atoms with E-state index >= 15 is 0 Å². The number of rotatable bonds is 6. The third kappa shape index (κ3) is 4.82. The molecule has 0 unspecified atom stereocenters. The summed E-state index contributed by atoms with van der Waals surface area (Å²) < 4.78 is 5.12. The van der Waals surface area contributed by atoms with Crippen LogP contribution in [0, 0.1) is 27.7 Å². The minimum absolute atomic E-state index is 0.204. The Labute approximate surface area is 161 Å². The second kappa shape index (κ2) is 8.64. The molecule has 2 rings (SSSR count). The summed E-state index contributed by atoms with van der Waals surface area (Å²) in [5.74, 6) is -0.618. The molecule has 0 aliphatic heterocycles. The van der Waals surface area contributed by atoms with Crippen LogP contribution in [0.3, 0.4) is 0 Å². The van der Waals surface area contributed by atoms with E-state index in [1.807, 2.05) is 33.8 Å². The van der Waals surface area contributed by atoms with E-state index in [2.05, 4.69) is 15.3 Å². The van der Waals surface area contributed by atoms with E-state index in [0.29, 0.717) is 15.7 Å². The summed E-state index contributed by atoms with van der Waals surface area (Å²) in [6.07, 6.45) is 0. The number of hydrogen-bond acceptors (Lipinski definition) is 7. The molecule has 1 atom stereocenters. The van der Waals surface area contributed by atoms with Crippen LogP contribution in [0.2, 0.25) is 0 Å². The van der Waals surface area contributed by atoms with Crippen molar-refractivity contribution in [3.05, 3.63) is 33.5 Å². The standard InChI is InChI=1S/C18H23N3O3S2/c1-7-24-17(23)14-11(4)12(5)25-16(14)21-15(22)13(6)26-18-19-9(2)8-10(3)20-18/h8,13H,7H2,1-6H3,(H,21,22)/t13-/m0/s1. The molecule has 6 nitrogen and oxygen atoms in total. The highest BCUT2D eigenvalue weighted by Crippen LogP contribution is 2.33. The fraction of sp³-hybridized carbons (Fsp3) is 0.444. The van der Waals surface area contributed by atoms with Crippen LogP contribution in [-0.4, -0.2) is 33.7 Å². The number of nitrogens with zero attached hydrogens (tertiary/aromatic N) is 2. The first-order valence-corrected chi connectivity index (χ1v) is 9.99. The quantitative estimate of drug-likeness (QED) is 0.453. The molecule has 140 valence electrons. The zero-order valence-corrected chi connectivity index (χ0v) is 17.4. The molecule has 0 aliphatic rings. The predicted molar refractivity (Wildman–Crippen MR) is 105 cm³/mol. The van der Waals surface area contributed by atoms with Crippen LogP contribution in [0.1, 0.15) is 46.0 Å². The fourth-order valence-electron chi connectivity index (χ4n) is 2.34. The summed E-state index contributed by atoms with van der Waals surface area (Å²) in [5.41, 5.74) is 2.99. The maximum absolute atomic E-state index is 12.6. The van der Waals surface area contributed by atoms with E-state index in [0.717, 1.165) is 21.8 Å². The van der Waals surface area contributed by atoms with Gasteiger partial charge in [0, 0.05) is 16.3 Å². The second-order valence-corrected chi connectivity index (χ2v) is 8.42. The molecule has 1 amide bonds. The smallest absolute Gasteiger partial charge is 0.341 e. The van der Waals surface area contributed by atoms with E-state index < -0.39 is 11.2 Å². The Kier molecular flexibility index (Phi) is 6.77. The molecule has 0 bridgehead atoms. The van der Waals surface area contributed by atoms with Crippen molar-refractivity contribution < 1.29 is 14.3 Å². The molecule has 2 aromatic rings. The van der Waals surface area contributed by atoms with Crippen molar-refractivity contribution >= 4 is 40.0 Å². The first kappa shape index (κ1) is 20.4. The lowest BCUT2D eigenvalue weighted by Gasteiger charge is -2.12. The molecule has 0 saturated heterocycles. The van der Waals surface area contributed by atoms with Crippen molar-refractivity contribution in [2.45, 2.75) is 51.9 Å². The Balaban J connectivity index is 2.16. The molecule has 8 heteroatoms. The number of carbonyl (C=O) groups excluding carboxylic acids is 2. The van der Waals surface area contributed by atoms with Crippen LogP contribution in [0.15, 0.2) is 11.2 Å². The van der Waals surface area contributed by atoms with Crippen molar-refractivity contribution in [2.75, 3.05) is 11.9 Å². The Morgan fingerprint density at radius 2 is 1.85 bits per heavy atom. The number of esters is 1. The maximum Gasteiger partial charge on any atom is 0.341 e. The molecule has 2 aromatic heterocycles. The van der Waals surface area contributed by atoms with Crippen LogP contribution in [-0.2, 0) is 9.53 Å². The highest BCUT2D eigenvalue weighted by atomic mass is 32.2. The lowest BCUT2D eigenvalue weighted by molar-refractivity contribution is -0.115. The number of aryl methyl sites for hydroxylation is 3. The third-order valence-electron chi connectivity index (χ3n) is 3.71. The number of thioether (sulfide) groups is 1. The first-order chi connectivity index (χ1) is 12.2. The van der Waals surface area contributed by atoms with Crippen molar-refractivity contribution in [1.82, 2.24) is 9.97 Å². The van der Waals surface area contributed by atoms with Crippen molar-refractivity contribution in [3.8, 4) is 0 Å². The third-order valence-corrected chi connectivity index (χ3v) is 5.80. The molecule has 0 radical (unpaired) electrons. The number of carbonyl (C=O) groups is 2. The van der Waals surface area contributed by atoms with Gasteiger partial charge in [-0.25, -0.2) is 14.8 Å². The SMILES string of the molecule is CCOC(=O)c1c(NC(=O)[C@H](C)Sc2nc(C)cc(C)n2)sc(C)c1C. The van der Waals surface area contributed by atoms with E-state index in [1.165, 1.54) is 23.1 Å². The zero-order chi connectivity index (χ0) is 19.4.